The molecule has 0 aliphatic heterocycles. The van der Waals surface area contributed by atoms with Gasteiger partial charge < -0.3 is 14.7 Å². The molecule has 7 nitrogen and oxygen atoms in total. The Morgan fingerprint density at radius 2 is 2.18 bits per heavy atom. The van der Waals surface area contributed by atoms with E-state index >= 15 is 0 Å². The van der Waals surface area contributed by atoms with Crippen LogP contribution in [0.1, 0.15) is 6.42 Å². The molecule has 0 bridgehead atoms. The van der Waals surface area contributed by atoms with Gasteiger partial charge in [0.1, 0.15) is 0 Å². The molecule has 0 aromatic carbocycles. The summed E-state index contributed by atoms with van der Waals surface area (Å²) in [4.78, 5) is 23.1. The molecule has 1 N–H and O–H groups in total. The van der Waals surface area contributed by atoms with Crippen molar-refractivity contribution in [1.82, 2.24) is 0 Å². The second kappa shape index (κ2) is 5.27. The van der Waals surface area contributed by atoms with Crippen LogP contribution in [-0.2, 0) is 9.57 Å². The Morgan fingerprint density at radius 1 is 1.55 bits per heavy atom. The van der Waals surface area contributed by atoms with E-state index in [2.05, 4.69) is 9.57 Å². The summed E-state index contributed by atoms with van der Waals surface area (Å²) in [6.45, 7) is -0.247. The molecular weight excluding hydrogens is 158 g/mol. The SMILES string of the molecule is O=C(O)OCCCO[N+](=O)[O-]. The molecular formula is C4H7NO6. The van der Waals surface area contributed by atoms with Crippen molar-refractivity contribution < 1.29 is 24.6 Å². The van der Waals surface area contributed by atoms with Gasteiger partial charge in [-0.25, -0.2) is 4.79 Å². The Morgan fingerprint density at radius 3 is 2.64 bits per heavy atom. The molecule has 11 heavy (non-hydrogen) atoms. The lowest BCUT2D eigenvalue weighted by Gasteiger charge is -1.98. The van der Waals surface area contributed by atoms with Crippen molar-refractivity contribution in [3.63, 3.8) is 0 Å². The lowest BCUT2D eigenvalue weighted by atomic mass is 10.5. The van der Waals surface area contributed by atoms with Crippen LogP contribution in [0, 0.1) is 10.1 Å². The highest BCUT2D eigenvalue weighted by Crippen LogP contribution is 1.85. The number of ether oxygens (including phenoxy) is 1. The van der Waals surface area contributed by atoms with Crippen molar-refractivity contribution in [3.05, 3.63) is 10.1 Å². The first kappa shape index (κ1) is 9.47. The van der Waals surface area contributed by atoms with Crippen molar-refractivity contribution in [2.45, 2.75) is 6.42 Å². The van der Waals surface area contributed by atoms with E-state index in [9.17, 15) is 14.9 Å². The highest BCUT2D eigenvalue weighted by atomic mass is 16.9. The highest BCUT2D eigenvalue weighted by molar-refractivity contribution is 5.56. The Hall–Kier alpha value is -1.53. The maximum atomic E-state index is 9.70. The predicted octanol–water partition coefficient (Wildman–Crippen LogP) is 0.279. The largest absolute Gasteiger partial charge is 0.505 e. The minimum atomic E-state index is -1.40. The second-order valence-corrected chi connectivity index (χ2v) is 1.52. The van der Waals surface area contributed by atoms with E-state index in [4.69, 9.17) is 5.11 Å². The molecule has 0 fully saturated rings. The second-order valence-electron chi connectivity index (χ2n) is 1.52. The van der Waals surface area contributed by atoms with Crippen molar-refractivity contribution in [3.8, 4) is 0 Å². The Labute approximate surface area is 61.6 Å². The maximum absolute atomic E-state index is 9.70. The molecule has 0 saturated carbocycles. The van der Waals surface area contributed by atoms with Crippen molar-refractivity contribution in [2.24, 2.45) is 0 Å². The van der Waals surface area contributed by atoms with E-state index in [1.165, 1.54) is 0 Å². The molecule has 0 amide bonds. The quantitative estimate of drug-likeness (QED) is 0.272. The standard InChI is InChI=1S/C4H7NO6/c6-4(7)10-2-1-3-11-5(8)9/h1-3H2,(H,6,7). The first-order chi connectivity index (χ1) is 5.13. The number of hydrogen-bond acceptors (Lipinski definition) is 5. The van der Waals surface area contributed by atoms with Crippen molar-refractivity contribution in [2.75, 3.05) is 13.2 Å². The molecule has 0 rings (SSSR count). The fourth-order valence-electron chi connectivity index (χ4n) is 0.357. The van der Waals surface area contributed by atoms with E-state index in [1.54, 1.807) is 0 Å². The van der Waals surface area contributed by atoms with Gasteiger partial charge in [-0.05, 0) is 0 Å². The summed E-state index contributed by atoms with van der Waals surface area (Å²) in [5.74, 6) is 0. The van der Waals surface area contributed by atoms with Crippen LogP contribution < -0.4 is 0 Å². The molecule has 0 atom stereocenters. The third-order valence-electron chi connectivity index (χ3n) is 0.711. The number of rotatable bonds is 5. The molecule has 64 valence electrons. The smallest absolute Gasteiger partial charge is 0.450 e. The predicted molar refractivity (Wildman–Crippen MR) is 31.5 cm³/mol. The zero-order chi connectivity index (χ0) is 8.69. The Kier molecular flexibility index (Phi) is 4.54. The van der Waals surface area contributed by atoms with Crippen molar-refractivity contribution >= 4 is 6.16 Å². The molecule has 0 spiro atoms. The zero-order valence-corrected chi connectivity index (χ0v) is 5.56. The van der Waals surface area contributed by atoms with Gasteiger partial charge in [0, 0.05) is 6.42 Å². The number of nitrogens with zero attached hydrogens (tertiary/aromatic N) is 1. The van der Waals surface area contributed by atoms with Gasteiger partial charge in [0.2, 0.25) is 0 Å². The van der Waals surface area contributed by atoms with E-state index in [0.29, 0.717) is 0 Å². The Bertz CT molecular complexity index is 130. The van der Waals surface area contributed by atoms with Gasteiger partial charge in [0.15, 0.2) is 0 Å². The Balaban J connectivity index is 3.03. The average Bonchev–Trinajstić information content (AvgIpc) is 1.85. The van der Waals surface area contributed by atoms with Crippen LogP contribution in [0.25, 0.3) is 0 Å². The van der Waals surface area contributed by atoms with Gasteiger partial charge in [-0.2, -0.15) is 0 Å². The third kappa shape index (κ3) is 8.47. The van der Waals surface area contributed by atoms with Crippen LogP contribution in [0.15, 0.2) is 0 Å². The maximum Gasteiger partial charge on any atom is 0.505 e. The van der Waals surface area contributed by atoms with E-state index in [-0.39, 0.29) is 19.6 Å². The van der Waals surface area contributed by atoms with Gasteiger partial charge in [0.25, 0.3) is 5.09 Å². The summed E-state index contributed by atoms with van der Waals surface area (Å²) in [6, 6.07) is 0. The summed E-state index contributed by atoms with van der Waals surface area (Å²) >= 11 is 0. The van der Waals surface area contributed by atoms with Gasteiger partial charge in [-0.15, -0.1) is 10.1 Å². The highest BCUT2D eigenvalue weighted by Gasteiger charge is 1.97. The molecule has 0 aliphatic rings. The third-order valence-corrected chi connectivity index (χ3v) is 0.711. The summed E-state index contributed by atoms with van der Waals surface area (Å²) < 4.78 is 4.04. The van der Waals surface area contributed by atoms with Gasteiger partial charge in [0.05, 0.1) is 13.2 Å². The minimum Gasteiger partial charge on any atom is -0.450 e. The summed E-state index contributed by atoms with van der Waals surface area (Å²) in [6.07, 6.45) is -1.22. The first-order valence-corrected chi connectivity index (χ1v) is 2.76. The molecule has 0 saturated heterocycles. The van der Waals surface area contributed by atoms with E-state index < -0.39 is 11.2 Å². The zero-order valence-electron chi connectivity index (χ0n) is 5.56. The summed E-state index contributed by atoms with van der Waals surface area (Å²) in [5, 5.41) is 16.5. The van der Waals surface area contributed by atoms with Crippen LogP contribution in [-0.4, -0.2) is 29.6 Å². The topological polar surface area (TPSA) is 98.9 Å². The van der Waals surface area contributed by atoms with Crippen LogP contribution in [0.2, 0.25) is 0 Å². The fraction of sp³-hybridized carbons (Fsp3) is 0.750. The summed E-state index contributed by atoms with van der Waals surface area (Å²) in [7, 11) is 0. The molecule has 0 aromatic heterocycles. The van der Waals surface area contributed by atoms with E-state index in [1.807, 2.05) is 0 Å². The van der Waals surface area contributed by atoms with Crippen LogP contribution >= 0.6 is 0 Å². The van der Waals surface area contributed by atoms with Gasteiger partial charge in [-0.1, -0.05) is 0 Å². The van der Waals surface area contributed by atoms with Crippen LogP contribution in [0.4, 0.5) is 4.79 Å². The average molecular weight is 165 g/mol. The monoisotopic (exact) mass is 165 g/mol. The fourth-order valence-corrected chi connectivity index (χ4v) is 0.357. The number of carbonyl (C=O) groups is 1. The normalized spacial score (nSPS) is 8.73. The molecule has 7 heteroatoms. The van der Waals surface area contributed by atoms with Gasteiger partial charge in [-0.3, -0.25) is 0 Å². The number of hydrogen-bond donors (Lipinski definition) is 1. The molecule has 0 aromatic rings. The molecule has 0 heterocycles. The lowest BCUT2D eigenvalue weighted by Crippen LogP contribution is -2.07. The summed E-state index contributed by atoms with van der Waals surface area (Å²) in [5.41, 5.74) is 0. The number of carboxylic acid groups (broad SMARTS) is 1. The van der Waals surface area contributed by atoms with Gasteiger partial charge >= 0.3 is 6.16 Å². The lowest BCUT2D eigenvalue weighted by molar-refractivity contribution is -0.757. The van der Waals surface area contributed by atoms with Crippen molar-refractivity contribution in [1.29, 1.82) is 0 Å². The first-order valence-electron chi connectivity index (χ1n) is 2.76. The molecule has 0 radical (unpaired) electrons. The van der Waals surface area contributed by atoms with Crippen LogP contribution in [0.3, 0.4) is 0 Å². The van der Waals surface area contributed by atoms with Crippen LogP contribution in [0.5, 0.6) is 0 Å². The van der Waals surface area contributed by atoms with E-state index in [0.717, 1.165) is 0 Å². The molecule has 0 unspecified atom stereocenters. The minimum absolute atomic E-state index is 0.0941. The molecule has 0 aliphatic carbocycles.